The fourth-order valence-electron chi connectivity index (χ4n) is 3.60. The number of rotatable bonds is 7. The summed E-state index contributed by atoms with van der Waals surface area (Å²) in [5.41, 5.74) is 3.66. The number of aromatic nitrogens is 2. The van der Waals surface area contributed by atoms with Gasteiger partial charge >= 0.3 is 0 Å². The van der Waals surface area contributed by atoms with E-state index < -0.39 is 0 Å². The fourth-order valence-corrected chi connectivity index (χ4v) is 3.73. The molecule has 0 spiro atoms. The maximum Gasteiger partial charge on any atom is 0.251 e. The van der Waals surface area contributed by atoms with Crippen LogP contribution in [-0.4, -0.2) is 22.8 Å². The van der Waals surface area contributed by atoms with E-state index in [1.165, 1.54) is 0 Å². The van der Waals surface area contributed by atoms with Crippen molar-refractivity contribution in [2.45, 2.75) is 25.9 Å². The van der Waals surface area contributed by atoms with Crippen LogP contribution < -0.4 is 10.1 Å². The Bertz CT molecular complexity index is 1180. The molecular weight excluding hydrogens is 410 g/mol. The summed E-state index contributed by atoms with van der Waals surface area (Å²) < 4.78 is 7.12. The van der Waals surface area contributed by atoms with E-state index in [1.807, 2.05) is 77.6 Å². The van der Waals surface area contributed by atoms with Crippen LogP contribution in [-0.2, 0) is 6.54 Å². The molecule has 0 unspecified atom stereocenters. The van der Waals surface area contributed by atoms with Crippen molar-refractivity contribution < 1.29 is 9.53 Å². The molecule has 1 N–H and O–H groups in total. The minimum absolute atomic E-state index is 0.0759. The predicted molar refractivity (Wildman–Crippen MR) is 124 cm³/mol. The highest BCUT2D eigenvalue weighted by atomic mass is 35.5. The van der Waals surface area contributed by atoms with Crippen molar-refractivity contribution in [3.63, 3.8) is 0 Å². The van der Waals surface area contributed by atoms with Crippen molar-refractivity contribution in [1.82, 2.24) is 15.1 Å². The molecule has 1 amide bonds. The number of carbonyl (C=O) groups is 1. The molecule has 0 aliphatic carbocycles. The van der Waals surface area contributed by atoms with Gasteiger partial charge in [-0.3, -0.25) is 9.48 Å². The Kier molecular flexibility index (Phi) is 6.23. The Morgan fingerprint density at radius 3 is 2.52 bits per heavy atom. The number of ether oxygens (including phenoxy) is 1. The first kappa shape index (κ1) is 20.9. The Morgan fingerprint density at radius 1 is 1.10 bits per heavy atom. The van der Waals surface area contributed by atoms with Crippen LogP contribution >= 0.6 is 11.6 Å². The third kappa shape index (κ3) is 4.72. The Labute approximate surface area is 186 Å². The number of halogens is 1. The number of amides is 1. The molecule has 158 valence electrons. The van der Waals surface area contributed by atoms with Crippen LogP contribution in [0.5, 0.6) is 5.75 Å². The molecule has 0 bridgehead atoms. The monoisotopic (exact) mass is 433 g/mol. The van der Waals surface area contributed by atoms with Crippen molar-refractivity contribution in [2.24, 2.45) is 0 Å². The molecule has 0 saturated carbocycles. The smallest absolute Gasteiger partial charge is 0.251 e. The van der Waals surface area contributed by atoms with Gasteiger partial charge in [-0.15, -0.1) is 0 Å². The van der Waals surface area contributed by atoms with Gasteiger partial charge in [-0.25, -0.2) is 0 Å². The molecule has 0 fully saturated rings. The predicted octanol–water partition coefficient (Wildman–Crippen LogP) is 5.63. The lowest BCUT2D eigenvalue weighted by Crippen LogP contribution is -2.28. The van der Waals surface area contributed by atoms with Gasteiger partial charge < -0.3 is 10.1 Å². The van der Waals surface area contributed by atoms with Gasteiger partial charge in [0.1, 0.15) is 5.75 Å². The molecular formula is C25H24ClN3O2. The number of methoxy groups -OCH3 is 1. The van der Waals surface area contributed by atoms with Crippen molar-refractivity contribution in [3.05, 3.63) is 94.6 Å². The van der Waals surface area contributed by atoms with E-state index in [9.17, 15) is 4.79 Å². The van der Waals surface area contributed by atoms with Crippen LogP contribution in [0.25, 0.3) is 10.9 Å². The average Bonchev–Trinajstić information content (AvgIpc) is 3.21. The number of benzene rings is 3. The van der Waals surface area contributed by atoms with Crippen molar-refractivity contribution >= 4 is 28.4 Å². The van der Waals surface area contributed by atoms with E-state index >= 15 is 0 Å². The molecule has 0 radical (unpaired) electrons. The summed E-state index contributed by atoms with van der Waals surface area (Å²) in [6.07, 6.45) is 2.61. The molecule has 5 nitrogen and oxygen atoms in total. The number of fused-ring (bicyclic) bond motifs is 1. The molecule has 31 heavy (non-hydrogen) atoms. The standard InChI is InChI=1S/C25H24ClN3O2/c1-3-23(18-8-12-22(31-2)13-9-18)28-25(30)19-6-7-20-15-27-29(24(20)14-19)16-17-4-10-21(26)11-5-17/h4-15,23H,3,16H2,1-2H3,(H,28,30)/t23-/m0/s1. The summed E-state index contributed by atoms with van der Waals surface area (Å²) in [6, 6.07) is 21.1. The fraction of sp³-hybridized carbons (Fsp3) is 0.200. The highest BCUT2D eigenvalue weighted by Gasteiger charge is 2.16. The van der Waals surface area contributed by atoms with Gasteiger partial charge in [-0.05, 0) is 53.9 Å². The van der Waals surface area contributed by atoms with Crippen LogP contribution in [0.4, 0.5) is 0 Å². The second-order valence-electron chi connectivity index (χ2n) is 7.41. The topological polar surface area (TPSA) is 56.2 Å². The molecule has 1 atom stereocenters. The third-order valence-electron chi connectivity index (χ3n) is 5.38. The van der Waals surface area contributed by atoms with E-state index in [-0.39, 0.29) is 11.9 Å². The van der Waals surface area contributed by atoms with Gasteiger partial charge in [-0.1, -0.05) is 48.9 Å². The van der Waals surface area contributed by atoms with E-state index in [0.29, 0.717) is 17.1 Å². The molecule has 1 heterocycles. The zero-order valence-corrected chi connectivity index (χ0v) is 18.3. The Hall–Kier alpha value is -3.31. The van der Waals surface area contributed by atoms with Gasteiger partial charge in [0.25, 0.3) is 5.91 Å². The lowest BCUT2D eigenvalue weighted by Gasteiger charge is -2.18. The van der Waals surface area contributed by atoms with Crippen molar-refractivity contribution in [3.8, 4) is 5.75 Å². The quantitative estimate of drug-likeness (QED) is 0.411. The number of hydrogen-bond acceptors (Lipinski definition) is 3. The van der Waals surface area contributed by atoms with Gasteiger partial charge in [0, 0.05) is 16.0 Å². The SMILES string of the molecule is CC[C@H](NC(=O)c1ccc2cnn(Cc3ccc(Cl)cc3)c2c1)c1ccc(OC)cc1. The number of hydrogen-bond donors (Lipinski definition) is 1. The summed E-state index contributed by atoms with van der Waals surface area (Å²) >= 11 is 5.98. The molecule has 4 rings (SSSR count). The van der Waals surface area contributed by atoms with Gasteiger partial charge in [0.15, 0.2) is 0 Å². The Balaban J connectivity index is 1.55. The number of nitrogens with zero attached hydrogens (tertiary/aromatic N) is 2. The lowest BCUT2D eigenvalue weighted by atomic mass is 10.0. The van der Waals surface area contributed by atoms with Crippen molar-refractivity contribution in [2.75, 3.05) is 7.11 Å². The third-order valence-corrected chi connectivity index (χ3v) is 5.64. The second kappa shape index (κ2) is 9.23. The summed E-state index contributed by atoms with van der Waals surface area (Å²) in [5.74, 6) is 0.688. The first-order chi connectivity index (χ1) is 15.1. The van der Waals surface area contributed by atoms with Crippen LogP contribution in [0.1, 0.15) is 40.9 Å². The maximum atomic E-state index is 13.0. The largest absolute Gasteiger partial charge is 0.497 e. The minimum Gasteiger partial charge on any atom is -0.497 e. The van der Waals surface area contributed by atoms with E-state index in [4.69, 9.17) is 16.3 Å². The summed E-state index contributed by atoms with van der Waals surface area (Å²) in [7, 11) is 1.64. The summed E-state index contributed by atoms with van der Waals surface area (Å²) in [5, 5.41) is 9.34. The van der Waals surface area contributed by atoms with E-state index in [2.05, 4.69) is 17.3 Å². The molecule has 0 aliphatic rings. The zero-order chi connectivity index (χ0) is 21.8. The van der Waals surface area contributed by atoms with E-state index in [1.54, 1.807) is 7.11 Å². The molecule has 0 aliphatic heterocycles. The number of nitrogens with one attached hydrogen (secondary N) is 1. The summed E-state index contributed by atoms with van der Waals surface area (Å²) in [4.78, 5) is 13.0. The molecule has 6 heteroatoms. The molecule has 3 aromatic carbocycles. The van der Waals surface area contributed by atoms with Gasteiger partial charge in [-0.2, -0.15) is 5.10 Å². The second-order valence-corrected chi connectivity index (χ2v) is 7.85. The van der Waals surface area contributed by atoms with Crippen LogP contribution in [0.15, 0.2) is 72.9 Å². The Morgan fingerprint density at radius 2 is 1.84 bits per heavy atom. The lowest BCUT2D eigenvalue weighted by molar-refractivity contribution is 0.0935. The first-order valence-corrected chi connectivity index (χ1v) is 10.6. The summed E-state index contributed by atoms with van der Waals surface area (Å²) in [6.45, 7) is 2.66. The molecule has 1 aromatic heterocycles. The van der Waals surface area contributed by atoms with Gasteiger partial charge in [0.05, 0.1) is 31.4 Å². The molecule has 4 aromatic rings. The van der Waals surface area contributed by atoms with Crippen LogP contribution in [0.3, 0.4) is 0 Å². The maximum absolute atomic E-state index is 13.0. The van der Waals surface area contributed by atoms with Crippen molar-refractivity contribution in [1.29, 1.82) is 0 Å². The molecule has 0 saturated heterocycles. The van der Waals surface area contributed by atoms with Crippen LogP contribution in [0.2, 0.25) is 5.02 Å². The van der Waals surface area contributed by atoms with Gasteiger partial charge in [0.2, 0.25) is 0 Å². The highest BCUT2D eigenvalue weighted by molar-refractivity contribution is 6.30. The minimum atomic E-state index is -0.108. The zero-order valence-electron chi connectivity index (χ0n) is 17.5. The number of carbonyl (C=O) groups excluding carboxylic acids is 1. The first-order valence-electron chi connectivity index (χ1n) is 10.2. The van der Waals surface area contributed by atoms with E-state index in [0.717, 1.165) is 34.2 Å². The average molecular weight is 434 g/mol. The van der Waals surface area contributed by atoms with Crippen LogP contribution in [0, 0.1) is 0 Å². The normalized spacial score (nSPS) is 12.0. The highest BCUT2D eigenvalue weighted by Crippen LogP contribution is 2.22.